The lowest BCUT2D eigenvalue weighted by molar-refractivity contribution is -0.267. The molecule has 0 aliphatic carbocycles. The fourth-order valence-corrected chi connectivity index (χ4v) is 6.68. The number of thioether (sulfide) groups is 1. The third-order valence-electron chi connectivity index (χ3n) is 7.93. The molecule has 2 aliphatic heterocycles. The number of aromatic nitrogens is 4. The first-order valence-electron chi connectivity index (χ1n) is 15.5. The van der Waals surface area contributed by atoms with Crippen LogP contribution < -0.4 is 0 Å². The van der Waals surface area contributed by atoms with Gasteiger partial charge in [-0.2, -0.15) is 0 Å². The second-order valence-corrected chi connectivity index (χ2v) is 12.9. The molecule has 2 saturated heterocycles. The van der Waals surface area contributed by atoms with E-state index in [4.69, 9.17) is 30.5 Å². The van der Waals surface area contributed by atoms with E-state index >= 15 is 0 Å². The molecule has 15 heteroatoms. The predicted molar refractivity (Wildman–Crippen MR) is 171 cm³/mol. The van der Waals surface area contributed by atoms with Gasteiger partial charge in [0.2, 0.25) is 0 Å². The standard InChI is InChI=1S/C33H33ClF3N5O5S/c1-3-44-26(17-42-16-25(39-40-42)21-12-23(35)29(37)24(36)13-21)33(47-27-18-45-32(46-19(27)2)20-8-5-4-6-9-20)48-28-14-22(34)15-38-30(28)31(43)41-10-7-11-41/h4-6,8-9,12-16,19,26-27,32-33H,3,7,10-11,17-18H2,1-2H3/t19-,26+,27?,32?,33?/m1/s1. The summed E-state index contributed by atoms with van der Waals surface area (Å²) in [5.41, 5.74) is 0.483. The number of carbonyl (C=O) groups excluding carboxylic acids is 1. The van der Waals surface area contributed by atoms with E-state index in [2.05, 4.69) is 15.3 Å². The van der Waals surface area contributed by atoms with Gasteiger partial charge in [0.1, 0.15) is 29.0 Å². The summed E-state index contributed by atoms with van der Waals surface area (Å²) in [7, 11) is 0. The summed E-state index contributed by atoms with van der Waals surface area (Å²) in [5, 5.41) is 8.51. The van der Waals surface area contributed by atoms with Crippen molar-refractivity contribution in [3.8, 4) is 11.3 Å². The Morgan fingerprint density at radius 2 is 1.90 bits per heavy atom. The first kappa shape index (κ1) is 34.3. The average Bonchev–Trinajstić information content (AvgIpc) is 3.52. The molecule has 0 bridgehead atoms. The molecule has 2 aromatic heterocycles. The van der Waals surface area contributed by atoms with Crippen molar-refractivity contribution in [1.29, 1.82) is 0 Å². The maximum atomic E-state index is 14.0. The van der Waals surface area contributed by atoms with Gasteiger partial charge in [-0.05, 0) is 38.5 Å². The minimum atomic E-state index is -1.57. The molecule has 3 unspecified atom stereocenters. The van der Waals surface area contributed by atoms with E-state index in [9.17, 15) is 18.0 Å². The molecule has 2 aromatic carbocycles. The molecule has 5 atom stereocenters. The molecule has 10 nitrogen and oxygen atoms in total. The normalized spacial score (nSPS) is 20.7. The van der Waals surface area contributed by atoms with E-state index in [1.54, 1.807) is 11.0 Å². The molecule has 1 amide bonds. The number of rotatable bonds is 12. The monoisotopic (exact) mass is 703 g/mol. The largest absolute Gasteiger partial charge is 0.373 e. The highest BCUT2D eigenvalue weighted by Gasteiger charge is 2.37. The molecule has 4 aromatic rings. The van der Waals surface area contributed by atoms with E-state index in [1.165, 1.54) is 28.8 Å². The third kappa shape index (κ3) is 7.85. The number of nitrogens with zero attached hydrogens (tertiary/aromatic N) is 5. The number of likely N-dealkylation sites (tertiary alicyclic amines) is 1. The highest BCUT2D eigenvalue weighted by molar-refractivity contribution is 8.00. The molecule has 254 valence electrons. The van der Waals surface area contributed by atoms with Crippen molar-refractivity contribution in [1.82, 2.24) is 24.9 Å². The molecule has 0 radical (unpaired) electrons. The number of amides is 1. The second-order valence-electron chi connectivity index (χ2n) is 11.3. The van der Waals surface area contributed by atoms with Crippen molar-refractivity contribution in [3.05, 3.63) is 94.7 Å². The Hall–Kier alpha value is -3.53. The minimum absolute atomic E-state index is 0.0187. The van der Waals surface area contributed by atoms with Gasteiger partial charge in [-0.1, -0.05) is 58.9 Å². The van der Waals surface area contributed by atoms with Gasteiger partial charge in [-0.25, -0.2) is 22.8 Å². The number of carbonyl (C=O) groups is 1. The summed E-state index contributed by atoms with van der Waals surface area (Å²) in [6, 6.07) is 12.9. The number of hydrogen-bond donors (Lipinski definition) is 0. The number of benzene rings is 2. The van der Waals surface area contributed by atoms with Crippen molar-refractivity contribution in [2.45, 2.75) is 61.7 Å². The minimum Gasteiger partial charge on any atom is -0.373 e. The number of hydrogen-bond acceptors (Lipinski definition) is 9. The van der Waals surface area contributed by atoms with E-state index in [0.29, 0.717) is 23.0 Å². The van der Waals surface area contributed by atoms with Crippen LogP contribution in [0.5, 0.6) is 0 Å². The quantitative estimate of drug-likeness (QED) is 0.0956. The Morgan fingerprint density at radius 1 is 1.15 bits per heavy atom. The summed E-state index contributed by atoms with van der Waals surface area (Å²) >= 11 is 7.60. The molecular formula is C33H33ClF3N5O5S. The topological polar surface area (TPSA) is 101 Å². The van der Waals surface area contributed by atoms with Crippen LogP contribution in [0.25, 0.3) is 11.3 Å². The van der Waals surface area contributed by atoms with Gasteiger partial charge in [0.05, 0.1) is 30.5 Å². The zero-order valence-electron chi connectivity index (χ0n) is 26.1. The van der Waals surface area contributed by atoms with Gasteiger partial charge in [0.15, 0.2) is 23.7 Å². The van der Waals surface area contributed by atoms with Crippen LogP contribution in [0.15, 0.2) is 65.8 Å². The van der Waals surface area contributed by atoms with Gasteiger partial charge >= 0.3 is 0 Å². The van der Waals surface area contributed by atoms with Crippen molar-refractivity contribution in [2.75, 3.05) is 26.3 Å². The Morgan fingerprint density at radius 3 is 2.56 bits per heavy atom. The highest BCUT2D eigenvalue weighted by Crippen LogP contribution is 2.36. The van der Waals surface area contributed by atoms with E-state index in [-0.39, 0.29) is 42.6 Å². The fraction of sp³-hybridized carbons (Fsp3) is 0.394. The van der Waals surface area contributed by atoms with Gasteiger partial charge in [-0.15, -0.1) is 5.10 Å². The lowest BCUT2D eigenvalue weighted by Crippen LogP contribution is -2.45. The summed E-state index contributed by atoms with van der Waals surface area (Å²) in [6.07, 6.45) is 1.61. The smallest absolute Gasteiger partial charge is 0.273 e. The van der Waals surface area contributed by atoms with Gasteiger partial charge in [0.25, 0.3) is 5.91 Å². The summed E-state index contributed by atoms with van der Waals surface area (Å²) in [4.78, 5) is 19.9. The average molecular weight is 704 g/mol. The fourth-order valence-electron chi connectivity index (χ4n) is 5.24. The van der Waals surface area contributed by atoms with Crippen LogP contribution in [0.4, 0.5) is 13.2 Å². The first-order valence-corrected chi connectivity index (χ1v) is 16.7. The molecule has 2 aliphatic rings. The van der Waals surface area contributed by atoms with Crippen LogP contribution in [0, 0.1) is 17.5 Å². The van der Waals surface area contributed by atoms with E-state index < -0.39 is 47.5 Å². The second kappa shape index (κ2) is 15.3. The Bertz CT molecular complexity index is 1710. The van der Waals surface area contributed by atoms with Crippen LogP contribution >= 0.6 is 23.4 Å². The number of pyridine rings is 1. The number of ether oxygens (including phenoxy) is 4. The van der Waals surface area contributed by atoms with E-state index in [0.717, 1.165) is 24.1 Å². The van der Waals surface area contributed by atoms with E-state index in [1.807, 2.05) is 44.2 Å². The zero-order chi connectivity index (χ0) is 33.8. The van der Waals surface area contributed by atoms with Crippen molar-refractivity contribution < 1.29 is 36.9 Å². The van der Waals surface area contributed by atoms with Crippen molar-refractivity contribution in [2.24, 2.45) is 0 Å². The highest BCUT2D eigenvalue weighted by atomic mass is 35.5. The molecule has 0 spiro atoms. The molecule has 2 fully saturated rings. The molecule has 0 N–H and O–H groups in total. The maximum absolute atomic E-state index is 14.0. The predicted octanol–water partition coefficient (Wildman–Crippen LogP) is 6.30. The van der Waals surface area contributed by atoms with Crippen LogP contribution in [0.3, 0.4) is 0 Å². The van der Waals surface area contributed by atoms with Gasteiger partial charge < -0.3 is 23.8 Å². The van der Waals surface area contributed by atoms with Crippen LogP contribution in [0.2, 0.25) is 5.02 Å². The molecule has 6 rings (SSSR count). The Labute approximate surface area is 284 Å². The lowest BCUT2D eigenvalue weighted by atomic mass is 10.1. The van der Waals surface area contributed by atoms with Crippen molar-refractivity contribution >= 4 is 29.3 Å². The SMILES string of the molecule is CCO[C@@H](Cn1cc(-c2cc(F)c(F)c(F)c2)nn1)C(OC1COC(c2ccccc2)O[C@@H]1C)Sc1cc(Cl)cnc1C(=O)N1CCC1. The maximum Gasteiger partial charge on any atom is 0.273 e. The summed E-state index contributed by atoms with van der Waals surface area (Å²) < 4.78 is 68.1. The van der Waals surface area contributed by atoms with Gasteiger partial charge in [-0.3, -0.25) is 4.79 Å². The summed E-state index contributed by atoms with van der Waals surface area (Å²) in [6.45, 7) is 5.58. The Kier molecular flexibility index (Phi) is 11.0. The third-order valence-corrected chi connectivity index (χ3v) is 9.35. The molecule has 0 saturated carbocycles. The lowest BCUT2D eigenvalue weighted by Gasteiger charge is -2.38. The molecule has 4 heterocycles. The Balaban J connectivity index is 1.28. The van der Waals surface area contributed by atoms with Crippen molar-refractivity contribution in [3.63, 3.8) is 0 Å². The zero-order valence-corrected chi connectivity index (χ0v) is 27.7. The number of halogens is 4. The molecular weight excluding hydrogens is 671 g/mol. The van der Waals surface area contributed by atoms with Crippen LogP contribution in [-0.4, -0.2) is 80.8 Å². The van der Waals surface area contributed by atoms with Gasteiger partial charge in [0, 0.05) is 41.9 Å². The first-order chi connectivity index (χ1) is 23.2. The summed E-state index contributed by atoms with van der Waals surface area (Å²) in [5.74, 6) is -4.45. The van der Waals surface area contributed by atoms with Crippen LogP contribution in [-0.2, 0) is 25.5 Å². The van der Waals surface area contributed by atoms with Crippen LogP contribution in [0.1, 0.15) is 42.6 Å². The molecule has 48 heavy (non-hydrogen) atoms.